The van der Waals surface area contributed by atoms with Gasteiger partial charge in [0.25, 0.3) is 0 Å². The minimum atomic E-state index is -0.0865. The second-order valence-corrected chi connectivity index (χ2v) is 7.68. The molecule has 0 amide bonds. The Morgan fingerprint density at radius 3 is 2.45 bits per heavy atom. The summed E-state index contributed by atoms with van der Waals surface area (Å²) in [4.78, 5) is 0. The summed E-state index contributed by atoms with van der Waals surface area (Å²) in [7, 11) is 0. The Labute approximate surface area is 121 Å². The predicted octanol–water partition coefficient (Wildman–Crippen LogP) is 4.12. The SMILES string of the molecule is Cc1cc(CO)c(O)c(C2CC3CCC2(C)C3(C)C)c1. The van der Waals surface area contributed by atoms with Gasteiger partial charge in [0, 0.05) is 5.56 Å². The van der Waals surface area contributed by atoms with E-state index in [9.17, 15) is 10.2 Å². The largest absolute Gasteiger partial charge is 0.507 e. The van der Waals surface area contributed by atoms with Gasteiger partial charge in [0.15, 0.2) is 0 Å². The van der Waals surface area contributed by atoms with Crippen molar-refractivity contribution in [3.05, 3.63) is 28.8 Å². The van der Waals surface area contributed by atoms with E-state index >= 15 is 0 Å². The molecule has 1 aromatic rings. The average molecular weight is 274 g/mol. The number of phenols is 1. The van der Waals surface area contributed by atoms with Crippen molar-refractivity contribution >= 4 is 0 Å². The average Bonchev–Trinajstić information content (AvgIpc) is 2.73. The van der Waals surface area contributed by atoms with Gasteiger partial charge in [0.1, 0.15) is 5.75 Å². The van der Waals surface area contributed by atoms with Crippen LogP contribution >= 0.6 is 0 Å². The minimum absolute atomic E-state index is 0.0865. The molecule has 0 spiro atoms. The van der Waals surface area contributed by atoms with Gasteiger partial charge in [-0.1, -0.05) is 38.5 Å². The number of hydrogen-bond acceptors (Lipinski definition) is 2. The molecule has 0 aliphatic heterocycles. The molecule has 110 valence electrons. The Hall–Kier alpha value is -1.02. The number of hydrogen-bond donors (Lipinski definition) is 2. The lowest BCUT2D eigenvalue weighted by atomic mass is 9.64. The van der Waals surface area contributed by atoms with Crippen LogP contribution in [0.5, 0.6) is 5.75 Å². The van der Waals surface area contributed by atoms with Crippen molar-refractivity contribution < 1.29 is 10.2 Å². The molecule has 0 aromatic heterocycles. The summed E-state index contributed by atoms with van der Waals surface area (Å²) in [6, 6.07) is 4.01. The van der Waals surface area contributed by atoms with Crippen LogP contribution in [0.15, 0.2) is 12.1 Å². The zero-order valence-electron chi connectivity index (χ0n) is 13.0. The highest BCUT2D eigenvalue weighted by Crippen LogP contribution is 2.71. The highest BCUT2D eigenvalue weighted by Gasteiger charge is 2.61. The summed E-state index contributed by atoms with van der Waals surface area (Å²) < 4.78 is 0. The van der Waals surface area contributed by atoms with Crippen molar-refractivity contribution in [3.63, 3.8) is 0 Å². The van der Waals surface area contributed by atoms with E-state index in [1.165, 1.54) is 19.3 Å². The molecule has 2 bridgehead atoms. The van der Waals surface area contributed by atoms with Gasteiger partial charge in [-0.25, -0.2) is 0 Å². The molecule has 2 heteroatoms. The molecule has 2 N–H and O–H groups in total. The molecule has 1 aromatic carbocycles. The van der Waals surface area contributed by atoms with Gasteiger partial charge in [-0.2, -0.15) is 0 Å². The molecule has 0 radical (unpaired) electrons. The van der Waals surface area contributed by atoms with Crippen LogP contribution < -0.4 is 0 Å². The molecular formula is C18H26O2. The van der Waals surface area contributed by atoms with Crippen LogP contribution in [0.3, 0.4) is 0 Å². The van der Waals surface area contributed by atoms with Gasteiger partial charge in [0.05, 0.1) is 6.61 Å². The third-order valence-corrected chi connectivity index (χ3v) is 6.70. The number of aliphatic hydroxyl groups excluding tert-OH is 1. The molecule has 2 fully saturated rings. The standard InChI is InChI=1S/C18H26O2/c1-11-7-12(10-19)16(20)14(8-11)15-9-13-5-6-18(15,4)17(13,2)3/h7-8,13,15,19-20H,5-6,9-10H2,1-4H3. The molecule has 2 saturated carbocycles. The topological polar surface area (TPSA) is 40.5 Å². The summed E-state index contributed by atoms with van der Waals surface area (Å²) >= 11 is 0. The molecule has 2 aliphatic carbocycles. The maximum absolute atomic E-state index is 10.5. The van der Waals surface area contributed by atoms with Gasteiger partial charge in [-0.05, 0) is 54.4 Å². The number of aromatic hydroxyl groups is 1. The zero-order valence-corrected chi connectivity index (χ0v) is 13.0. The Balaban J connectivity index is 2.10. The van der Waals surface area contributed by atoms with Gasteiger partial charge < -0.3 is 10.2 Å². The van der Waals surface area contributed by atoms with Crippen molar-refractivity contribution in [3.8, 4) is 5.75 Å². The fraction of sp³-hybridized carbons (Fsp3) is 0.667. The molecule has 2 nitrogen and oxygen atoms in total. The van der Waals surface area contributed by atoms with Crippen molar-refractivity contribution in [1.29, 1.82) is 0 Å². The summed E-state index contributed by atoms with van der Waals surface area (Å²) in [6.45, 7) is 9.14. The van der Waals surface area contributed by atoms with Gasteiger partial charge >= 0.3 is 0 Å². The van der Waals surface area contributed by atoms with Crippen LogP contribution in [0, 0.1) is 23.7 Å². The Morgan fingerprint density at radius 1 is 1.25 bits per heavy atom. The Morgan fingerprint density at radius 2 is 1.95 bits per heavy atom. The van der Waals surface area contributed by atoms with Crippen LogP contribution in [0.2, 0.25) is 0 Å². The van der Waals surface area contributed by atoms with Crippen LogP contribution in [-0.2, 0) is 6.61 Å². The normalized spacial score (nSPS) is 34.6. The van der Waals surface area contributed by atoms with Crippen LogP contribution in [0.4, 0.5) is 0 Å². The molecule has 0 saturated heterocycles. The van der Waals surface area contributed by atoms with Crippen molar-refractivity contribution in [2.75, 3.05) is 0 Å². The molecule has 0 heterocycles. The monoisotopic (exact) mass is 274 g/mol. The lowest BCUT2D eigenvalue weighted by molar-refractivity contribution is 0.133. The smallest absolute Gasteiger partial charge is 0.124 e. The Kier molecular flexibility index (Phi) is 2.95. The first-order valence-corrected chi connectivity index (χ1v) is 7.74. The van der Waals surface area contributed by atoms with E-state index in [1.807, 2.05) is 13.0 Å². The maximum atomic E-state index is 10.5. The van der Waals surface area contributed by atoms with Gasteiger partial charge in [-0.3, -0.25) is 0 Å². The number of rotatable bonds is 2. The third kappa shape index (κ3) is 1.60. The summed E-state index contributed by atoms with van der Waals surface area (Å²) in [5.41, 5.74) is 3.46. The minimum Gasteiger partial charge on any atom is -0.507 e. The number of aryl methyl sites for hydroxylation is 1. The lowest BCUT2D eigenvalue weighted by Gasteiger charge is -2.40. The summed E-state index contributed by atoms with van der Waals surface area (Å²) in [5, 5.41) is 20.0. The first-order chi connectivity index (χ1) is 9.31. The van der Waals surface area contributed by atoms with E-state index in [1.54, 1.807) is 0 Å². The van der Waals surface area contributed by atoms with Gasteiger partial charge in [-0.15, -0.1) is 0 Å². The third-order valence-electron chi connectivity index (χ3n) is 6.70. The number of aliphatic hydroxyl groups is 1. The van der Waals surface area contributed by atoms with Gasteiger partial charge in [0.2, 0.25) is 0 Å². The number of benzene rings is 1. The van der Waals surface area contributed by atoms with E-state index in [0.29, 0.717) is 22.6 Å². The van der Waals surface area contributed by atoms with E-state index in [4.69, 9.17) is 0 Å². The molecule has 2 aliphatic rings. The quantitative estimate of drug-likeness (QED) is 0.851. The first kappa shape index (κ1) is 13.9. The zero-order chi connectivity index (χ0) is 14.7. The molecule has 3 unspecified atom stereocenters. The highest BCUT2D eigenvalue weighted by atomic mass is 16.3. The fourth-order valence-corrected chi connectivity index (χ4v) is 4.94. The maximum Gasteiger partial charge on any atom is 0.124 e. The lowest BCUT2D eigenvalue weighted by Crippen LogP contribution is -2.31. The second kappa shape index (κ2) is 4.24. The van der Waals surface area contributed by atoms with E-state index in [0.717, 1.165) is 17.0 Å². The predicted molar refractivity (Wildman–Crippen MR) is 80.7 cm³/mol. The van der Waals surface area contributed by atoms with Crippen molar-refractivity contribution in [2.45, 2.75) is 59.5 Å². The van der Waals surface area contributed by atoms with Crippen molar-refractivity contribution in [2.24, 2.45) is 16.7 Å². The molecular weight excluding hydrogens is 248 g/mol. The fourth-order valence-electron chi connectivity index (χ4n) is 4.94. The van der Waals surface area contributed by atoms with E-state index in [2.05, 4.69) is 26.8 Å². The Bertz CT molecular complexity index is 547. The molecule has 20 heavy (non-hydrogen) atoms. The van der Waals surface area contributed by atoms with Crippen LogP contribution in [-0.4, -0.2) is 10.2 Å². The molecule has 3 rings (SSSR count). The van der Waals surface area contributed by atoms with Crippen LogP contribution in [0.1, 0.15) is 62.6 Å². The number of fused-ring (bicyclic) bond motifs is 2. The van der Waals surface area contributed by atoms with Crippen LogP contribution in [0.25, 0.3) is 0 Å². The second-order valence-electron chi connectivity index (χ2n) is 7.68. The summed E-state index contributed by atoms with van der Waals surface area (Å²) in [5.74, 6) is 1.50. The molecule has 3 atom stereocenters. The first-order valence-electron chi connectivity index (χ1n) is 7.74. The van der Waals surface area contributed by atoms with Crippen molar-refractivity contribution in [1.82, 2.24) is 0 Å². The van der Waals surface area contributed by atoms with E-state index in [-0.39, 0.29) is 12.0 Å². The summed E-state index contributed by atoms with van der Waals surface area (Å²) in [6.07, 6.45) is 3.74. The van der Waals surface area contributed by atoms with E-state index < -0.39 is 0 Å². The highest BCUT2D eigenvalue weighted by molar-refractivity contribution is 5.47.